The third kappa shape index (κ3) is 4.12. The molecule has 1 aliphatic heterocycles. The van der Waals surface area contributed by atoms with E-state index in [1.807, 2.05) is 0 Å². The lowest BCUT2D eigenvalue weighted by molar-refractivity contribution is 0.00578. The number of rotatable bonds is 3. The predicted octanol–water partition coefficient (Wildman–Crippen LogP) is 4.97. The SMILES string of the molecule is CC1(C)OB(c2ccc(O[C@H]3CC[C@@H](C(C)(C)C)CC3)cc2)OC1(C)C. The summed E-state index contributed by atoms with van der Waals surface area (Å²) in [4.78, 5) is 0. The summed E-state index contributed by atoms with van der Waals surface area (Å²) in [5, 5.41) is 0. The second-order valence-corrected chi connectivity index (χ2v) is 10.1. The van der Waals surface area contributed by atoms with Crippen molar-refractivity contribution in [1.82, 2.24) is 0 Å². The first-order valence-electron chi connectivity index (χ1n) is 10.1. The van der Waals surface area contributed by atoms with Crippen LogP contribution in [0.1, 0.15) is 74.1 Å². The van der Waals surface area contributed by atoms with Gasteiger partial charge in [0.2, 0.25) is 0 Å². The molecule has 4 heteroatoms. The molecule has 2 aliphatic rings. The lowest BCUT2D eigenvalue weighted by atomic mass is 9.72. The van der Waals surface area contributed by atoms with Crippen LogP contribution in [-0.4, -0.2) is 24.4 Å². The zero-order valence-corrected chi connectivity index (χ0v) is 17.6. The van der Waals surface area contributed by atoms with Gasteiger partial charge in [-0.2, -0.15) is 0 Å². The van der Waals surface area contributed by atoms with Crippen molar-refractivity contribution in [2.75, 3.05) is 0 Å². The van der Waals surface area contributed by atoms with E-state index >= 15 is 0 Å². The number of hydrogen-bond acceptors (Lipinski definition) is 3. The lowest BCUT2D eigenvalue weighted by Gasteiger charge is -2.36. The minimum Gasteiger partial charge on any atom is -0.490 e. The maximum absolute atomic E-state index is 6.23. The van der Waals surface area contributed by atoms with E-state index < -0.39 is 0 Å². The van der Waals surface area contributed by atoms with Gasteiger partial charge in [-0.05, 0) is 82.3 Å². The van der Waals surface area contributed by atoms with Crippen molar-refractivity contribution >= 4 is 12.6 Å². The van der Waals surface area contributed by atoms with Gasteiger partial charge >= 0.3 is 7.12 Å². The second-order valence-electron chi connectivity index (χ2n) is 10.1. The van der Waals surface area contributed by atoms with Crippen LogP contribution in [0, 0.1) is 11.3 Å². The van der Waals surface area contributed by atoms with Crippen molar-refractivity contribution in [3.8, 4) is 5.75 Å². The van der Waals surface area contributed by atoms with Gasteiger partial charge in [0.15, 0.2) is 0 Å². The molecule has 3 nitrogen and oxygen atoms in total. The van der Waals surface area contributed by atoms with Gasteiger partial charge in [-0.15, -0.1) is 0 Å². The molecule has 1 aliphatic carbocycles. The minimum atomic E-state index is -0.309. The van der Waals surface area contributed by atoms with Crippen molar-refractivity contribution in [3.05, 3.63) is 24.3 Å². The van der Waals surface area contributed by atoms with Crippen LogP contribution in [0.25, 0.3) is 0 Å². The molecule has 1 saturated heterocycles. The van der Waals surface area contributed by atoms with E-state index in [1.54, 1.807) is 0 Å². The molecule has 0 radical (unpaired) electrons. The van der Waals surface area contributed by atoms with Crippen molar-refractivity contribution in [2.45, 2.75) is 91.5 Å². The molecule has 0 amide bonds. The van der Waals surface area contributed by atoms with Gasteiger partial charge in [-0.25, -0.2) is 0 Å². The van der Waals surface area contributed by atoms with Gasteiger partial charge in [-0.3, -0.25) is 0 Å². The molecule has 0 aromatic heterocycles. The van der Waals surface area contributed by atoms with E-state index in [-0.39, 0.29) is 18.3 Å². The Balaban J connectivity index is 1.56. The number of ether oxygens (including phenoxy) is 1. The Hall–Kier alpha value is -0.995. The molecule has 0 spiro atoms. The average Bonchev–Trinajstić information content (AvgIpc) is 2.76. The number of benzene rings is 1. The van der Waals surface area contributed by atoms with Crippen molar-refractivity contribution in [2.24, 2.45) is 11.3 Å². The highest BCUT2D eigenvalue weighted by Gasteiger charge is 2.51. The zero-order valence-electron chi connectivity index (χ0n) is 17.6. The molecule has 0 atom stereocenters. The quantitative estimate of drug-likeness (QED) is 0.714. The Morgan fingerprint density at radius 1 is 0.885 bits per heavy atom. The van der Waals surface area contributed by atoms with E-state index in [0.717, 1.165) is 30.0 Å². The summed E-state index contributed by atoms with van der Waals surface area (Å²) in [6, 6.07) is 8.24. The smallest absolute Gasteiger partial charge is 0.490 e. The fraction of sp³-hybridized carbons (Fsp3) is 0.727. The molecule has 26 heavy (non-hydrogen) atoms. The summed E-state index contributed by atoms with van der Waals surface area (Å²) in [6.07, 6.45) is 5.18. The van der Waals surface area contributed by atoms with E-state index in [1.165, 1.54) is 12.8 Å². The molecule has 3 rings (SSSR count). The van der Waals surface area contributed by atoms with Gasteiger partial charge in [0, 0.05) is 0 Å². The summed E-state index contributed by atoms with van der Waals surface area (Å²) in [7, 11) is -0.309. The Kier molecular flexibility index (Phi) is 5.22. The fourth-order valence-corrected chi connectivity index (χ4v) is 3.92. The summed E-state index contributed by atoms with van der Waals surface area (Å²) in [5.74, 6) is 1.76. The van der Waals surface area contributed by atoms with E-state index in [2.05, 4.69) is 72.7 Å². The summed E-state index contributed by atoms with van der Waals surface area (Å²) in [5.41, 5.74) is 0.847. The molecule has 0 unspecified atom stereocenters. The molecule has 0 N–H and O–H groups in total. The van der Waals surface area contributed by atoms with Gasteiger partial charge in [0.05, 0.1) is 17.3 Å². The van der Waals surface area contributed by atoms with Gasteiger partial charge < -0.3 is 14.0 Å². The summed E-state index contributed by atoms with van der Waals surface area (Å²) < 4.78 is 18.5. The van der Waals surface area contributed by atoms with Crippen molar-refractivity contribution < 1.29 is 14.0 Å². The molecule has 1 aromatic rings. The van der Waals surface area contributed by atoms with Crippen molar-refractivity contribution in [3.63, 3.8) is 0 Å². The average molecular weight is 358 g/mol. The Morgan fingerprint density at radius 2 is 1.38 bits per heavy atom. The maximum atomic E-state index is 6.23. The van der Waals surface area contributed by atoms with E-state index in [0.29, 0.717) is 11.5 Å². The van der Waals surface area contributed by atoms with Crippen LogP contribution in [0.4, 0.5) is 0 Å². The van der Waals surface area contributed by atoms with Crippen LogP contribution < -0.4 is 10.2 Å². The Labute approximate surface area is 159 Å². The first-order valence-corrected chi connectivity index (χ1v) is 10.1. The Morgan fingerprint density at radius 3 is 1.85 bits per heavy atom. The first-order chi connectivity index (χ1) is 12.0. The molecule has 1 saturated carbocycles. The standard InChI is InChI=1S/C22H35BO3/c1-20(2,3)16-8-12-18(13-9-16)24-19-14-10-17(11-15-19)23-25-21(4,5)22(6,7)26-23/h10-11,14-16,18H,8-9,12-13H2,1-7H3/t16-,18+. The highest BCUT2D eigenvalue weighted by atomic mass is 16.7. The highest BCUT2D eigenvalue weighted by Crippen LogP contribution is 2.39. The lowest BCUT2D eigenvalue weighted by Crippen LogP contribution is -2.41. The van der Waals surface area contributed by atoms with Crippen LogP contribution in [0.5, 0.6) is 5.75 Å². The van der Waals surface area contributed by atoms with Crippen LogP contribution in [0.3, 0.4) is 0 Å². The molecule has 2 fully saturated rings. The maximum Gasteiger partial charge on any atom is 0.494 e. The second kappa shape index (κ2) is 6.87. The van der Waals surface area contributed by atoms with Crippen LogP contribution in [0.15, 0.2) is 24.3 Å². The largest absolute Gasteiger partial charge is 0.494 e. The van der Waals surface area contributed by atoms with Gasteiger partial charge in [0.1, 0.15) is 5.75 Å². The van der Waals surface area contributed by atoms with Crippen molar-refractivity contribution in [1.29, 1.82) is 0 Å². The molecule has 0 bridgehead atoms. The summed E-state index contributed by atoms with van der Waals surface area (Å²) in [6.45, 7) is 15.4. The summed E-state index contributed by atoms with van der Waals surface area (Å²) >= 11 is 0. The highest BCUT2D eigenvalue weighted by molar-refractivity contribution is 6.62. The fourth-order valence-electron chi connectivity index (χ4n) is 3.92. The molecular formula is C22H35BO3. The first kappa shape index (κ1) is 19.8. The van der Waals surface area contributed by atoms with E-state index in [4.69, 9.17) is 14.0 Å². The van der Waals surface area contributed by atoms with Crippen LogP contribution in [-0.2, 0) is 9.31 Å². The molecule has 1 heterocycles. The van der Waals surface area contributed by atoms with Crippen LogP contribution in [0.2, 0.25) is 0 Å². The van der Waals surface area contributed by atoms with Gasteiger partial charge in [0.25, 0.3) is 0 Å². The molecular weight excluding hydrogens is 323 g/mol. The minimum absolute atomic E-state index is 0.307. The monoisotopic (exact) mass is 358 g/mol. The third-order valence-corrected chi connectivity index (χ3v) is 6.61. The van der Waals surface area contributed by atoms with Gasteiger partial charge in [-0.1, -0.05) is 32.9 Å². The number of hydrogen-bond donors (Lipinski definition) is 0. The Bertz CT molecular complexity index is 591. The zero-order chi connectivity index (χ0) is 19.2. The van der Waals surface area contributed by atoms with E-state index in [9.17, 15) is 0 Å². The molecule has 144 valence electrons. The normalized spacial score (nSPS) is 28.2. The topological polar surface area (TPSA) is 27.7 Å². The molecule has 1 aromatic carbocycles. The third-order valence-electron chi connectivity index (χ3n) is 6.61. The predicted molar refractivity (Wildman–Crippen MR) is 108 cm³/mol. The van der Waals surface area contributed by atoms with Crippen LogP contribution >= 0.6 is 0 Å².